The van der Waals surface area contributed by atoms with Crippen molar-refractivity contribution in [2.75, 3.05) is 6.54 Å². The smallest absolute Gasteiger partial charge is 0.407 e. The first-order chi connectivity index (χ1) is 13.0. The van der Waals surface area contributed by atoms with Crippen molar-refractivity contribution in [1.82, 2.24) is 5.32 Å². The molecular formula is C22H29NO5. The molecule has 6 nitrogen and oxygen atoms in total. The largest absolute Gasteiger partial charge is 0.481 e. The summed E-state index contributed by atoms with van der Waals surface area (Å²) in [7, 11) is 0. The van der Waals surface area contributed by atoms with Crippen LogP contribution in [0.25, 0.3) is 0 Å². The van der Waals surface area contributed by atoms with Crippen molar-refractivity contribution in [3.05, 3.63) is 35.9 Å². The van der Waals surface area contributed by atoms with E-state index in [0.29, 0.717) is 13.0 Å². The lowest BCUT2D eigenvalue weighted by Crippen LogP contribution is -2.68. The predicted octanol–water partition coefficient (Wildman–Crippen LogP) is 3.58. The van der Waals surface area contributed by atoms with Crippen LogP contribution in [0.3, 0.4) is 0 Å². The average molecular weight is 387 g/mol. The fourth-order valence-corrected chi connectivity index (χ4v) is 4.64. The van der Waals surface area contributed by atoms with Crippen molar-refractivity contribution in [2.45, 2.75) is 58.5 Å². The van der Waals surface area contributed by atoms with Gasteiger partial charge in [0.1, 0.15) is 11.4 Å². The Bertz CT molecular complexity index is 745. The molecule has 3 aliphatic rings. The minimum absolute atomic E-state index is 0.0231. The Labute approximate surface area is 165 Å². The first kappa shape index (κ1) is 20.4. The highest BCUT2D eigenvalue weighted by Gasteiger charge is 2.70. The van der Waals surface area contributed by atoms with Crippen LogP contribution in [0.1, 0.15) is 52.0 Å². The molecule has 1 aromatic carbocycles. The Morgan fingerprint density at radius 3 is 2.29 bits per heavy atom. The number of rotatable bonds is 8. The molecule has 28 heavy (non-hydrogen) atoms. The zero-order valence-corrected chi connectivity index (χ0v) is 16.8. The summed E-state index contributed by atoms with van der Waals surface area (Å²) in [5, 5.41) is 12.3. The van der Waals surface area contributed by atoms with E-state index in [-0.39, 0.29) is 23.0 Å². The summed E-state index contributed by atoms with van der Waals surface area (Å²) >= 11 is 0. The van der Waals surface area contributed by atoms with E-state index in [1.165, 1.54) is 0 Å². The third-order valence-electron chi connectivity index (χ3n) is 5.84. The van der Waals surface area contributed by atoms with Gasteiger partial charge >= 0.3 is 12.1 Å². The van der Waals surface area contributed by atoms with Gasteiger partial charge in [0.2, 0.25) is 0 Å². The van der Waals surface area contributed by atoms with Crippen LogP contribution in [0.2, 0.25) is 0 Å². The molecule has 2 N–H and O–H groups in total. The summed E-state index contributed by atoms with van der Waals surface area (Å²) in [5.74, 6) is -1.57. The molecule has 0 spiro atoms. The third kappa shape index (κ3) is 4.37. The van der Waals surface area contributed by atoms with E-state index < -0.39 is 23.6 Å². The Kier molecular flexibility index (Phi) is 5.26. The number of carbonyl (C=O) groups is 3. The number of carboxylic acid groups (broad SMARTS) is 1. The van der Waals surface area contributed by atoms with E-state index in [1.807, 2.05) is 51.1 Å². The standard InChI is InChI=1S/C22H29NO5/c1-20(2,3)28-19(27)23-14-21-11-22(12-21,13-21)17(24)10-16(18(25)26)9-15-7-5-4-6-8-15/h4-8,16H,9-14H2,1-3H3,(H,23,27)(H,25,26)/t16-,21?,22?/m1/s1. The van der Waals surface area contributed by atoms with Gasteiger partial charge in [-0.05, 0) is 57.4 Å². The zero-order valence-electron chi connectivity index (χ0n) is 16.8. The molecule has 0 aliphatic heterocycles. The van der Waals surface area contributed by atoms with Crippen molar-refractivity contribution in [3.63, 3.8) is 0 Å². The van der Waals surface area contributed by atoms with E-state index in [2.05, 4.69) is 5.32 Å². The van der Waals surface area contributed by atoms with Crippen LogP contribution >= 0.6 is 0 Å². The second-order valence-corrected chi connectivity index (χ2v) is 9.52. The number of hydrogen-bond acceptors (Lipinski definition) is 4. The van der Waals surface area contributed by atoms with Crippen LogP contribution < -0.4 is 5.32 Å². The van der Waals surface area contributed by atoms with Crippen LogP contribution in [0, 0.1) is 16.7 Å². The number of ketones is 1. The number of ether oxygens (including phenoxy) is 1. The number of carbonyl (C=O) groups excluding carboxylic acids is 2. The highest BCUT2D eigenvalue weighted by molar-refractivity contribution is 5.91. The SMILES string of the molecule is CC(C)(C)OC(=O)NCC12CC(C(=O)C[C@@H](Cc3ccccc3)C(=O)O)(C1)C2. The molecule has 0 radical (unpaired) electrons. The molecule has 4 rings (SSSR count). The van der Waals surface area contributed by atoms with Crippen molar-refractivity contribution in [1.29, 1.82) is 0 Å². The monoisotopic (exact) mass is 387 g/mol. The van der Waals surface area contributed by atoms with E-state index in [1.54, 1.807) is 0 Å². The van der Waals surface area contributed by atoms with Gasteiger partial charge in [-0.15, -0.1) is 0 Å². The first-order valence-electron chi connectivity index (χ1n) is 9.80. The number of carboxylic acids is 1. The Hall–Kier alpha value is -2.37. The lowest BCUT2D eigenvalue weighted by Gasteiger charge is -2.70. The van der Waals surface area contributed by atoms with E-state index in [4.69, 9.17) is 4.74 Å². The highest BCUT2D eigenvalue weighted by Crippen LogP contribution is 2.73. The zero-order chi connectivity index (χ0) is 20.6. The Balaban J connectivity index is 1.48. The Morgan fingerprint density at radius 2 is 1.75 bits per heavy atom. The van der Waals surface area contributed by atoms with Crippen LogP contribution in [0.15, 0.2) is 30.3 Å². The van der Waals surface area contributed by atoms with Gasteiger partial charge in [-0.1, -0.05) is 30.3 Å². The minimum Gasteiger partial charge on any atom is -0.481 e. The molecule has 0 aromatic heterocycles. The number of amides is 1. The van der Waals surface area contributed by atoms with Crippen molar-refractivity contribution >= 4 is 17.8 Å². The highest BCUT2D eigenvalue weighted by atomic mass is 16.6. The fourth-order valence-electron chi connectivity index (χ4n) is 4.64. The van der Waals surface area contributed by atoms with Crippen LogP contribution in [-0.2, 0) is 20.7 Å². The number of aliphatic carboxylic acids is 1. The van der Waals surface area contributed by atoms with Crippen LogP contribution in [-0.4, -0.2) is 35.1 Å². The molecule has 1 atom stereocenters. The first-order valence-corrected chi connectivity index (χ1v) is 9.80. The minimum atomic E-state index is -0.926. The quantitative estimate of drug-likeness (QED) is 0.711. The van der Waals surface area contributed by atoms with E-state index >= 15 is 0 Å². The van der Waals surface area contributed by atoms with Gasteiger partial charge in [-0.3, -0.25) is 9.59 Å². The molecule has 0 heterocycles. The second-order valence-electron chi connectivity index (χ2n) is 9.52. The summed E-state index contributed by atoms with van der Waals surface area (Å²) in [6.07, 6.45) is 2.18. The summed E-state index contributed by atoms with van der Waals surface area (Å²) in [6, 6.07) is 9.41. The van der Waals surface area contributed by atoms with Crippen molar-refractivity contribution < 1.29 is 24.2 Å². The molecule has 0 saturated heterocycles. The van der Waals surface area contributed by atoms with E-state index in [0.717, 1.165) is 24.8 Å². The number of alkyl carbamates (subject to hydrolysis) is 1. The van der Waals surface area contributed by atoms with Crippen LogP contribution in [0.4, 0.5) is 4.79 Å². The number of benzene rings is 1. The molecule has 0 unspecified atom stereocenters. The molecule has 3 saturated carbocycles. The average Bonchev–Trinajstić information content (AvgIpc) is 2.50. The van der Waals surface area contributed by atoms with Crippen molar-refractivity contribution in [2.24, 2.45) is 16.7 Å². The van der Waals surface area contributed by atoms with Gasteiger partial charge in [0.15, 0.2) is 0 Å². The Morgan fingerprint density at radius 1 is 1.14 bits per heavy atom. The molecule has 3 fully saturated rings. The number of nitrogens with one attached hydrogen (secondary N) is 1. The van der Waals surface area contributed by atoms with Gasteiger partial charge in [0.05, 0.1) is 5.92 Å². The molecule has 2 bridgehead atoms. The summed E-state index contributed by atoms with van der Waals surface area (Å²) in [5.41, 5.74) is -0.00550. The molecule has 3 aliphatic carbocycles. The fraction of sp³-hybridized carbons (Fsp3) is 0.591. The van der Waals surface area contributed by atoms with Crippen LogP contribution in [0.5, 0.6) is 0 Å². The van der Waals surface area contributed by atoms with Gasteiger partial charge < -0.3 is 15.2 Å². The maximum absolute atomic E-state index is 12.8. The molecular weight excluding hydrogens is 358 g/mol. The summed E-state index contributed by atoms with van der Waals surface area (Å²) in [4.78, 5) is 36.2. The molecule has 6 heteroatoms. The van der Waals surface area contributed by atoms with E-state index in [9.17, 15) is 19.5 Å². The van der Waals surface area contributed by atoms with Gasteiger partial charge in [-0.25, -0.2) is 4.79 Å². The topological polar surface area (TPSA) is 92.7 Å². The second kappa shape index (κ2) is 7.22. The van der Waals surface area contributed by atoms with Gasteiger partial charge in [0, 0.05) is 18.4 Å². The van der Waals surface area contributed by atoms with Gasteiger partial charge in [0.25, 0.3) is 0 Å². The predicted molar refractivity (Wildman–Crippen MR) is 104 cm³/mol. The number of Topliss-reactive ketones (excluding diaryl/α,β-unsaturated/α-hetero) is 1. The van der Waals surface area contributed by atoms with Crippen molar-refractivity contribution in [3.8, 4) is 0 Å². The molecule has 1 amide bonds. The van der Waals surface area contributed by atoms with Gasteiger partial charge in [-0.2, -0.15) is 0 Å². The summed E-state index contributed by atoms with van der Waals surface area (Å²) < 4.78 is 5.24. The lowest BCUT2D eigenvalue weighted by molar-refractivity contribution is -0.203. The maximum atomic E-state index is 12.8. The molecule has 152 valence electrons. The lowest BCUT2D eigenvalue weighted by atomic mass is 9.33. The summed E-state index contributed by atoms with van der Waals surface area (Å²) in [6.45, 7) is 5.95. The third-order valence-corrected chi connectivity index (χ3v) is 5.84. The maximum Gasteiger partial charge on any atom is 0.407 e. The normalized spacial score (nSPS) is 26.4. The molecule has 1 aromatic rings. The number of hydrogen-bond donors (Lipinski definition) is 2.